The molecule has 4 nitrogen and oxygen atoms in total. The van der Waals surface area contributed by atoms with Crippen LogP contribution in [0.1, 0.15) is 22.7 Å². The Morgan fingerprint density at radius 3 is 2.46 bits per heavy atom. The molecular weight excluding hydrogens is 357 g/mol. The second kappa shape index (κ2) is 9.15. The van der Waals surface area contributed by atoms with Crippen LogP contribution in [0.3, 0.4) is 0 Å². The maximum atomic E-state index is 12.9. The zero-order chi connectivity index (χ0) is 19.9. The molecular formula is C23H22FNO3. The molecule has 0 aliphatic rings. The van der Waals surface area contributed by atoms with Gasteiger partial charge in [0.15, 0.2) is 0 Å². The first-order valence-electron chi connectivity index (χ1n) is 9.00. The lowest BCUT2D eigenvalue weighted by Crippen LogP contribution is -2.11. The van der Waals surface area contributed by atoms with E-state index in [0.717, 1.165) is 22.3 Å². The lowest BCUT2D eigenvalue weighted by atomic mass is 9.99. The van der Waals surface area contributed by atoms with E-state index in [0.29, 0.717) is 17.9 Å². The van der Waals surface area contributed by atoms with Gasteiger partial charge in [0.2, 0.25) is 0 Å². The van der Waals surface area contributed by atoms with Gasteiger partial charge >= 0.3 is 5.97 Å². The Balaban J connectivity index is 1.77. The van der Waals surface area contributed by atoms with E-state index in [1.54, 1.807) is 18.2 Å². The summed E-state index contributed by atoms with van der Waals surface area (Å²) in [4.78, 5) is 11.0. The predicted octanol–water partition coefficient (Wildman–Crippen LogP) is 4.53. The highest BCUT2D eigenvalue weighted by Crippen LogP contribution is 2.25. The van der Waals surface area contributed by atoms with Crippen molar-refractivity contribution in [2.45, 2.75) is 19.1 Å². The van der Waals surface area contributed by atoms with Crippen molar-refractivity contribution in [3.63, 3.8) is 0 Å². The average molecular weight is 379 g/mol. The fraction of sp³-hybridized carbons (Fsp3) is 0.174. The molecule has 3 aromatic rings. The summed E-state index contributed by atoms with van der Waals surface area (Å²) in [5.41, 5.74) is 10.1. The van der Waals surface area contributed by atoms with Crippen molar-refractivity contribution < 1.29 is 19.0 Å². The van der Waals surface area contributed by atoms with Crippen molar-refractivity contribution >= 4 is 5.97 Å². The number of carbonyl (C=O) groups is 1. The van der Waals surface area contributed by atoms with Crippen LogP contribution in [0.5, 0.6) is 5.75 Å². The van der Waals surface area contributed by atoms with Crippen LogP contribution in [0.15, 0.2) is 72.8 Å². The summed E-state index contributed by atoms with van der Waals surface area (Å²) in [6.07, 6.45) is -0.0855. The molecule has 3 rings (SSSR count). The number of rotatable bonds is 8. The van der Waals surface area contributed by atoms with Crippen LogP contribution in [0.25, 0.3) is 11.1 Å². The normalized spacial score (nSPS) is 11.8. The molecule has 0 amide bonds. The third-order valence-corrected chi connectivity index (χ3v) is 4.45. The Hall–Kier alpha value is -3.18. The largest absolute Gasteiger partial charge is 0.489 e. The average Bonchev–Trinajstić information content (AvgIpc) is 2.72. The molecule has 0 saturated heterocycles. The molecule has 1 unspecified atom stereocenters. The first-order chi connectivity index (χ1) is 13.6. The van der Waals surface area contributed by atoms with E-state index in [2.05, 4.69) is 0 Å². The molecule has 1 atom stereocenters. The number of carboxylic acid groups (broad SMARTS) is 1. The van der Waals surface area contributed by atoms with Crippen molar-refractivity contribution in [3.05, 3.63) is 89.5 Å². The molecule has 0 bridgehead atoms. The summed E-state index contributed by atoms with van der Waals surface area (Å²) in [6.45, 7) is -0.290. The van der Waals surface area contributed by atoms with E-state index < -0.39 is 18.7 Å². The number of alkyl halides is 1. The summed E-state index contributed by atoms with van der Waals surface area (Å²) >= 11 is 0. The number of hydrogen-bond acceptors (Lipinski definition) is 3. The standard InChI is InChI=1S/C23H22FNO3/c24-14-21(25)19-9-4-8-18(12-19)17-7-3-5-16(11-17)15-28-22-10-2-1-6-20(22)13-23(26)27/h1-12,21H,13-15,25H2,(H,26,27). The minimum absolute atomic E-state index is 0.0855. The zero-order valence-corrected chi connectivity index (χ0v) is 15.3. The van der Waals surface area contributed by atoms with Crippen molar-refractivity contribution in [2.75, 3.05) is 6.67 Å². The zero-order valence-electron chi connectivity index (χ0n) is 15.3. The molecule has 0 aliphatic carbocycles. The fourth-order valence-corrected chi connectivity index (χ4v) is 2.99. The van der Waals surface area contributed by atoms with Crippen LogP contribution in [0.2, 0.25) is 0 Å². The SMILES string of the molecule is NC(CF)c1cccc(-c2cccc(COc3ccccc3CC(=O)O)c2)c1. The smallest absolute Gasteiger partial charge is 0.307 e. The lowest BCUT2D eigenvalue weighted by Gasteiger charge is -2.12. The van der Waals surface area contributed by atoms with E-state index in [1.165, 1.54) is 0 Å². The highest BCUT2D eigenvalue weighted by Gasteiger charge is 2.09. The van der Waals surface area contributed by atoms with E-state index in [-0.39, 0.29) is 6.42 Å². The van der Waals surface area contributed by atoms with Gasteiger partial charge < -0.3 is 15.6 Å². The number of hydrogen-bond donors (Lipinski definition) is 2. The maximum Gasteiger partial charge on any atom is 0.307 e. The number of carboxylic acids is 1. The van der Waals surface area contributed by atoms with Gasteiger partial charge in [-0.2, -0.15) is 0 Å². The van der Waals surface area contributed by atoms with Crippen LogP contribution in [0.4, 0.5) is 4.39 Å². The van der Waals surface area contributed by atoms with Crippen LogP contribution in [-0.2, 0) is 17.8 Å². The summed E-state index contributed by atoms with van der Waals surface area (Å²) in [5, 5.41) is 9.03. The van der Waals surface area contributed by atoms with Gasteiger partial charge in [-0.05, 0) is 40.5 Å². The van der Waals surface area contributed by atoms with Gasteiger partial charge in [-0.3, -0.25) is 4.79 Å². The van der Waals surface area contributed by atoms with Crippen molar-refractivity contribution in [1.29, 1.82) is 0 Å². The van der Waals surface area contributed by atoms with Crippen molar-refractivity contribution in [3.8, 4) is 16.9 Å². The van der Waals surface area contributed by atoms with Crippen molar-refractivity contribution in [2.24, 2.45) is 5.73 Å². The van der Waals surface area contributed by atoms with Crippen LogP contribution >= 0.6 is 0 Å². The molecule has 0 radical (unpaired) electrons. The number of nitrogens with two attached hydrogens (primary N) is 1. The monoisotopic (exact) mass is 379 g/mol. The summed E-state index contributed by atoms with van der Waals surface area (Å²) in [7, 11) is 0. The van der Waals surface area contributed by atoms with Gasteiger partial charge in [-0.25, -0.2) is 4.39 Å². The molecule has 0 aromatic heterocycles. The summed E-state index contributed by atoms with van der Waals surface area (Å²) in [6, 6.07) is 21.9. The summed E-state index contributed by atoms with van der Waals surface area (Å²) in [5.74, 6) is -0.337. The summed E-state index contributed by atoms with van der Waals surface area (Å²) < 4.78 is 18.7. The van der Waals surface area contributed by atoms with Crippen LogP contribution < -0.4 is 10.5 Å². The molecule has 5 heteroatoms. The minimum Gasteiger partial charge on any atom is -0.489 e. The molecule has 0 saturated carbocycles. The van der Waals surface area contributed by atoms with Gasteiger partial charge in [-0.1, -0.05) is 54.6 Å². The van der Waals surface area contributed by atoms with Crippen molar-refractivity contribution in [1.82, 2.24) is 0 Å². The highest BCUT2D eigenvalue weighted by atomic mass is 19.1. The van der Waals surface area contributed by atoms with Gasteiger partial charge in [-0.15, -0.1) is 0 Å². The Morgan fingerprint density at radius 1 is 1.00 bits per heavy atom. The van der Waals surface area contributed by atoms with Gasteiger partial charge in [0.05, 0.1) is 12.5 Å². The van der Waals surface area contributed by atoms with Gasteiger partial charge in [0.25, 0.3) is 0 Å². The number of benzene rings is 3. The quantitative estimate of drug-likeness (QED) is 0.603. The van der Waals surface area contributed by atoms with E-state index in [4.69, 9.17) is 15.6 Å². The maximum absolute atomic E-state index is 12.9. The Morgan fingerprint density at radius 2 is 1.71 bits per heavy atom. The van der Waals surface area contributed by atoms with Gasteiger partial charge in [0, 0.05) is 5.56 Å². The second-order valence-electron chi connectivity index (χ2n) is 6.55. The molecule has 0 fully saturated rings. The fourth-order valence-electron chi connectivity index (χ4n) is 2.99. The number of para-hydroxylation sites is 1. The Kier molecular flexibility index (Phi) is 6.40. The minimum atomic E-state index is -0.899. The number of ether oxygens (including phenoxy) is 1. The molecule has 3 N–H and O–H groups in total. The topological polar surface area (TPSA) is 72.5 Å². The van der Waals surface area contributed by atoms with Crippen LogP contribution in [-0.4, -0.2) is 17.8 Å². The third kappa shape index (κ3) is 4.96. The van der Waals surface area contributed by atoms with Crippen LogP contribution in [0, 0.1) is 0 Å². The lowest BCUT2D eigenvalue weighted by molar-refractivity contribution is -0.136. The van der Waals surface area contributed by atoms with E-state index in [9.17, 15) is 9.18 Å². The second-order valence-corrected chi connectivity index (χ2v) is 6.55. The molecule has 0 heterocycles. The number of halogens is 1. The predicted molar refractivity (Wildman–Crippen MR) is 107 cm³/mol. The third-order valence-electron chi connectivity index (χ3n) is 4.45. The molecule has 3 aromatic carbocycles. The number of aliphatic carboxylic acids is 1. The van der Waals surface area contributed by atoms with E-state index >= 15 is 0 Å². The van der Waals surface area contributed by atoms with E-state index in [1.807, 2.05) is 54.6 Å². The molecule has 0 spiro atoms. The Bertz CT molecular complexity index is 958. The Labute approximate surface area is 163 Å². The molecule has 28 heavy (non-hydrogen) atoms. The van der Waals surface area contributed by atoms with Gasteiger partial charge in [0.1, 0.15) is 19.0 Å². The highest BCUT2D eigenvalue weighted by molar-refractivity contribution is 5.71. The molecule has 0 aliphatic heterocycles. The first-order valence-corrected chi connectivity index (χ1v) is 9.00. The molecule has 144 valence electrons. The first kappa shape index (κ1) is 19.6.